The molecule has 1 saturated heterocycles. The molecule has 0 saturated carbocycles. The van der Waals surface area contributed by atoms with Crippen LogP contribution in [0.5, 0.6) is 5.75 Å². The van der Waals surface area contributed by atoms with Gasteiger partial charge in [-0.15, -0.1) is 0 Å². The molecule has 0 bridgehead atoms. The van der Waals surface area contributed by atoms with Crippen LogP contribution in [-0.2, 0) is 24.2 Å². The number of nitrogens with one attached hydrogen (secondary N) is 1. The number of piperazine rings is 1. The Morgan fingerprint density at radius 1 is 1.03 bits per heavy atom. The number of ether oxygens (including phenoxy) is 2. The minimum absolute atomic E-state index is 0.169. The first-order valence-electron chi connectivity index (χ1n) is 12.8. The van der Waals surface area contributed by atoms with Gasteiger partial charge in [0.15, 0.2) is 0 Å². The third-order valence-electron chi connectivity index (χ3n) is 7.28. The predicted molar refractivity (Wildman–Crippen MR) is 143 cm³/mol. The highest BCUT2D eigenvalue weighted by Gasteiger charge is 2.33. The van der Waals surface area contributed by atoms with E-state index in [0.717, 1.165) is 50.4 Å². The van der Waals surface area contributed by atoms with Gasteiger partial charge in [0.1, 0.15) is 17.9 Å². The van der Waals surface area contributed by atoms with Gasteiger partial charge in [-0.2, -0.15) is 0 Å². The maximum atomic E-state index is 12.6. The normalized spacial score (nSPS) is 19.5. The van der Waals surface area contributed by atoms with Crippen molar-refractivity contribution in [1.82, 2.24) is 10.2 Å². The number of carbonyl (C=O) groups excluding carboxylic acids is 1. The van der Waals surface area contributed by atoms with E-state index < -0.39 is 0 Å². The van der Waals surface area contributed by atoms with E-state index in [1.807, 2.05) is 6.07 Å². The summed E-state index contributed by atoms with van der Waals surface area (Å²) in [7, 11) is 1.42. The van der Waals surface area contributed by atoms with Crippen molar-refractivity contribution in [2.75, 3.05) is 38.3 Å². The number of esters is 1. The molecule has 1 unspecified atom stereocenters. The minimum atomic E-state index is -0.352. The largest absolute Gasteiger partial charge is 0.491 e. The fourth-order valence-corrected chi connectivity index (χ4v) is 5.38. The molecule has 5 rings (SSSR count). The zero-order valence-electron chi connectivity index (χ0n) is 21.2. The van der Waals surface area contributed by atoms with E-state index in [0.29, 0.717) is 24.0 Å². The van der Waals surface area contributed by atoms with Gasteiger partial charge < -0.3 is 19.7 Å². The van der Waals surface area contributed by atoms with E-state index in [-0.39, 0.29) is 12.0 Å². The Morgan fingerprint density at radius 2 is 1.69 bits per heavy atom. The first-order chi connectivity index (χ1) is 17.6. The van der Waals surface area contributed by atoms with Crippen LogP contribution in [0, 0.1) is 0 Å². The summed E-state index contributed by atoms with van der Waals surface area (Å²) in [6.07, 6.45) is 0.811. The molecule has 36 heavy (non-hydrogen) atoms. The fraction of sp³-hybridized carbons (Fsp3) is 0.367. The van der Waals surface area contributed by atoms with Crippen molar-refractivity contribution >= 4 is 11.7 Å². The first kappa shape index (κ1) is 24.3. The molecular formula is C30H35N3O3. The third kappa shape index (κ3) is 5.25. The summed E-state index contributed by atoms with van der Waals surface area (Å²) in [6, 6.07) is 25.7. The number of fused-ring (bicyclic) bond motifs is 1. The van der Waals surface area contributed by atoms with Crippen LogP contribution < -0.4 is 15.0 Å². The molecule has 1 N–H and O–H groups in total. The van der Waals surface area contributed by atoms with Crippen molar-refractivity contribution in [3.8, 4) is 5.75 Å². The molecule has 188 valence electrons. The van der Waals surface area contributed by atoms with Crippen LogP contribution in [0.25, 0.3) is 0 Å². The molecule has 1 fully saturated rings. The first-order valence-corrected chi connectivity index (χ1v) is 12.8. The number of hydrogen-bond acceptors (Lipinski definition) is 6. The second kappa shape index (κ2) is 11.1. The Labute approximate surface area is 213 Å². The van der Waals surface area contributed by atoms with Crippen molar-refractivity contribution < 1.29 is 14.3 Å². The molecule has 2 aliphatic rings. The van der Waals surface area contributed by atoms with E-state index in [1.54, 1.807) is 0 Å². The standard InChI is InChI=1S/C30H35N3O3/c1-22-18-31-15-16-33(22)28-14-13-26(30(34)35-2)29-27(28)17-25(21-36-29)32(19-23-9-5-3-6-10-23)20-24-11-7-4-8-12-24/h3-14,22,25,31H,15-21H2,1-2H3/t22?,25-/m0/s1. The average molecular weight is 486 g/mol. The zero-order chi connectivity index (χ0) is 24.9. The summed E-state index contributed by atoms with van der Waals surface area (Å²) in [5.41, 5.74) is 5.33. The number of anilines is 1. The Bertz CT molecular complexity index is 1130. The van der Waals surface area contributed by atoms with Gasteiger partial charge in [0.2, 0.25) is 0 Å². The summed E-state index contributed by atoms with van der Waals surface area (Å²) in [6.45, 7) is 7.22. The number of nitrogens with zero attached hydrogens (tertiary/aromatic N) is 2. The molecule has 3 aromatic rings. The maximum Gasteiger partial charge on any atom is 0.341 e. The quantitative estimate of drug-likeness (QED) is 0.505. The van der Waals surface area contributed by atoms with Crippen LogP contribution in [0.2, 0.25) is 0 Å². The monoisotopic (exact) mass is 485 g/mol. The highest BCUT2D eigenvalue weighted by Crippen LogP contribution is 2.39. The number of carbonyl (C=O) groups is 1. The van der Waals surface area contributed by atoms with Crippen LogP contribution in [0.3, 0.4) is 0 Å². The zero-order valence-corrected chi connectivity index (χ0v) is 21.2. The van der Waals surface area contributed by atoms with Gasteiger partial charge >= 0.3 is 5.97 Å². The van der Waals surface area contributed by atoms with Gasteiger partial charge in [0.05, 0.1) is 7.11 Å². The van der Waals surface area contributed by atoms with E-state index in [4.69, 9.17) is 9.47 Å². The Kier molecular flexibility index (Phi) is 7.54. The van der Waals surface area contributed by atoms with Crippen LogP contribution >= 0.6 is 0 Å². The lowest BCUT2D eigenvalue weighted by atomic mass is 9.94. The smallest absolute Gasteiger partial charge is 0.341 e. The van der Waals surface area contributed by atoms with Crippen molar-refractivity contribution in [1.29, 1.82) is 0 Å². The lowest BCUT2D eigenvalue weighted by Gasteiger charge is -2.41. The molecule has 0 radical (unpaired) electrons. The van der Waals surface area contributed by atoms with Gasteiger partial charge in [0, 0.05) is 56.1 Å². The summed E-state index contributed by atoms with van der Waals surface area (Å²) in [5.74, 6) is 0.329. The Hall–Kier alpha value is -3.35. The molecule has 0 spiro atoms. The van der Waals surface area contributed by atoms with E-state index in [2.05, 4.69) is 88.8 Å². The number of benzene rings is 3. The predicted octanol–water partition coefficient (Wildman–Crippen LogP) is 4.28. The number of methoxy groups -OCH3 is 1. The molecule has 6 nitrogen and oxygen atoms in total. The van der Waals surface area contributed by atoms with E-state index in [9.17, 15) is 4.79 Å². The molecule has 2 heterocycles. The van der Waals surface area contributed by atoms with Gasteiger partial charge in [-0.05, 0) is 36.6 Å². The molecule has 3 aromatic carbocycles. The molecule has 0 aliphatic carbocycles. The van der Waals surface area contributed by atoms with E-state index >= 15 is 0 Å². The lowest BCUT2D eigenvalue weighted by molar-refractivity contribution is 0.0587. The van der Waals surface area contributed by atoms with Crippen LogP contribution in [-0.4, -0.2) is 56.3 Å². The van der Waals surface area contributed by atoms with Gasteiger partial charge in [-0.25, -0.2) is 4.79 Å². The lowest BCUT2D eigenvalue weighted by Crippen LogP contribution is -2.51. The molecular weight excluding hydrogens is 450 g/mol. The molecule has 0 amide bonds. The summed E-state index contributed by atoms with van der Waals surface area (Å²) >= 11 is 0. The summed E-state index contributed by atoms with van der Waals surface area (Å²) < 4.78 is 11.5. The van der Waals surface area contributed by atoms with Crippen molar-refractivity contribution in [3.63, 3.8) is 0 Å². The van der Waals surface area contributed by atoms with Gasteiger partial charge in [-0.1, -0.05) is 60.7 Å². The average Bonchev–Trinajstić information content (AvgIpc) is 2.93. The van der Waals surface area contributed by atoms with Crippen LogP contribution in [0.15, 0.2) is 72.8 Å². The molecule has 0 aromatic heterocycles. The topological polar surface area (TPSA) is 54.0 Å². The Morgan fingerprint density at radius 3 is 2.31 bits per heavy atom. The van der Waals surface area contributed by atoms with Gasteiger partial charge in [-0.3, -0.25) is 4.90 Å². The van der Waals surface area contributed by atoms with Crippen LogP contribution in [0.1, 0.15) is 34.0 Å². The maximum absolute atomic E-state index is 12.6. The fourth-order valence-electron chi connectivity index (χ4n) is 5.38. The highest BCUT2D eigenvalue weighted by molar-refractivity contribution is 5.94. The second-order valence-electron chi connectivity index (χ2n) is 9.72. The number of hydrogen-bond donors (Lipinski definition) is 1. The SMILES string of the molecule is COC(=O)c1ccc(N2CCNCC2C)c2c1OC[C@@H](N(Cc1ccccc1)Cc1ccccc1)C2. The Balaban J connectivity index is 1.50. The minimum Gasteiger partial charge on any atom is -0.491 e. The number of rotatable bonds is 7. The summed E-state index contributed by atoms with van der Waals surface area (Å²) in [5, 5.41) is 3.48. The van der Waals surface area contributed by atoms with Crippen molar-refractivity contribution in [3.05, 3.63) is 95.1 Å². The highest BCUT2D eigenvalue weighted by atomic mass is 16.5. The van der Waals surface area contributed by atoms with Gasteiger partial charge in [0.25, 0.3) is 0 Å². The molecule has 2 atom stereocenters. The van der Waals surface area contributed by atoms with Crippen molar-refractivity contribution in [2.45, 2.75) is 38.5 Å². The van der Waals surface area contributed by atoms with Crippen molar-refractivity contribution in [2.24, 2.45) is 0 Å². The molecule has 2 aliphatic heterocycles. The third-order valence-corrected chi connectivity index (χ3v) is 7.28. The van der Waals surface area contributed by atoms with Crippen LogP contribution in [0.4, 0.5) is 5.69 Å². The van der Waals surface area contributed by atoms with E-state index in [1.165, 1.54) is 18.2 Å². The second-order valence-corrected chi connectivity index (χ2v) is 9.72. The summed E-state index contributed by atoms with van der Waals surface area (Å²) in [4.78, 5) is 17.5. The molecule has 6 heteroatoms.